The zero-order chi connectivity index (χ0) is 15.1. The summed E-state index contributed by atoms with van der Waals surface area (Å²) in [5.74, 6) is 0. The third kappa shape index (κ3) is 12.5. The van der Waals surface area contributed by atoms with Gasteiger partial charge in [-0.3, -0.25) is 8.88 Å². The van der Waals surface area contributed by atoms with E-state index in [0.29, 0.717) is 0 Å². The lowest BCUT2D eigenvalue weighted by Gasteiger charge is -2.34. The van der Waals surface area contributed by atoms with Gasteiger partial charge in [0, 0.05) is 0 Å². The molecule has 0 aliphatic carbocycles. The minimum Gasteiger partial charge on any atom is -0.790 e. The van der Waals surface area contributed by atoms with E-state index in [2.05, 4.69) is 8.83 Å². The molecule has 1 unspecified atom stereocenters. The number of hydrogen-bond donors (Lipinski definition) is 0. The lowest BCUT2D eigenvalue weighted by molar-refractivity contribution is -0.339. The SMILES string of the molecule is CC(C)=CCC/C(C)=C\COP(=O)([O-])OP(=O)([O-])[O-]. The van der Waals surface area contributed by atoms with Crippen LogP contribution in [0.15, 0.2) is 23.3 Å². The van der Waals surface area contributed by atoms with Gasteiger partial charge in [-0.05, 0) is 33.6 Å². The van der Waals surface area contributed by atoms with Gasteiger partial charge in [0.25, 0.3) is 7.82 Å². The molecule has 7 nitrogen and oxygen atoms in total. The maximum Gasteiger partial charge on any atom is 0.272 e. The summed E-state index contributed by atoms with van der Waals surface area (Å²) in [4.78, 5) is 31.2. The Hall–Kier alpha value is -0.260. The van der Waals surface area contributed by atoms with E-state index in [-0.39, 0.29) is 6.61 Å². The van der Waals surface area contributed by atoms with Gasteiger partial charge in [0.05, 0.1) is 14.4 Å². The first-order chi connectivity index (χ1) is 8.52. The van der Waals surface area contributed by atoms with E-state index >= 15 is 0 Å². The summed E-state index contributed by atoms with van der Waals surface area (Å²) in [5, 5.41) is 0. The third-order valence-corrected chi connectivity index (χ3v) is 4.02. The average Bonchev–Trinajstić information content (AvgIpc) is 2.12. The third-order valence-electron chi connectivity index (χ3n) is 1.96. The average molecular weight is 311 g/mol. The van der Waals surface area contributed by atoms with E-state index in [1.807, 2.05) is 19.9 Å². The van der Waals surface area contributed by atoms with Crippen LogP contribution >= 0.6 is 15.6 Å². The summed E-state index contributed by atoms with van der Waals surface area (Å²) in [6.07, 6.45) is 5.05. The van der Waals surface area contributed by atoms with Crippen molar-refractivity contribution in [3.63, 3.8) is 0 Å². The highest BCUT2D eigenvalue weighted by molar-refractivity contribution is 7.58. The molecular formula is C10H17O7P2-3. The van der Waals surface area contributed by atoms with Crippen LogP contribution in [0, 0.1) is 0 Å². The molecule has 0 amide bonds. The fourth-order valence-corrected chi connectivity index (χ4v) is 2.53. The van der Waals surface area contributed by atoms with Gasteiger partial charge in [0.2, 0.25) is 0 Å². The van der Waals surface area contributed by atoms with Crippen molar-refractivity contribution >= 4 is 15.6 Å². The second-order valence-electron chi connectivity index (χ2n) is 4.14. The van der Waals surface area contributed by atoms with Gasteiger partial charge in [0.1, 0.15) is 0 Å². The van der Waals surface area contributed by atoms with Crippen molar-refractivity contribution in [1.82, 2.24) is 0 Å². The highest BCUT2D eigenvalue weighted by Gasteiger charge is 2.10. The highest BCUT2D eigenvalue weighted by atomic mass is 31.3. The number of phosphoric acid groups is 2. The molecule has 0 heterocycles. The maximum atomic E-state index is 10.9. The van der Waals surface area contributed by atoms with Crippen molar-refractivity contribution in [2.24, 2.45) is 0 Å². The Morgan fingerprint density at radius 2 is 1.68 bits per heavy atom. The van der Waals surface area contributed by atoms with Crippen LogP contribution in [0.2, 0.25) is 0 Å². The van der Waals surface area contributed by atoms with E-state index in [4.69, 9.17) is 0 Å². The molecule has 0 radical (unpaired) electrons. The van der Waals surface area contributed by atoms with E-state index in [9.17, 15) is 23.8 Å². The van der Waals surface area contributed by atoms with Gasteiger partial charge >= 0.3 is 0 Å². The van der Waals surface area contributed by atoms with Crippen molar-refractivity contribution in [2.45, 2.75) is 33.6 Å². The van der Waals surface area contributed by atoms with Crippen LogP contribution in [0.3, 0.4) is 0 Å². The number of rotatable bonds is 8. The lowest BCUT2D eigenvalue weighted by atomic mass is 10.1. The lowest BCUT2D eigenvalue weighted by Crippen LogP contribution is -2.19. The standard InChI is InChI=1S/C10H20O7P2/c1-9(2)5-4-6-10(3)7-8-16-19(14,15)17-18(11,12)13/h5,7H,4,6,8H2,1-3H3,(H,14,15)(H2,11,12,13)/p-3/b10-7-. The zero-order valence-electron chi connectivity index (χ0n) is 11.0. The number of allylic oxidation sites excluding steroid dienone is 3. The predicted molar refractivity (Wildman–Crippen MR) is 64.7 cm³/mol. The van der Waals surface area contributed by atoms with Crippen LogP contribution in [-0.2, 0) is 18.0 Å². The Balaban J connectivity index is 4.16. The van der Waals surface area contributed by atoms with Crippen LogP contribution in [0.4, 0.5) is 0 Å². The molecule has 0 N–H and O–H groups in total. The molecule has 0 saturated carbocycles. The van der Waals surface area contributed by atoms with Gasteiger partial charge in [-0.25, -0.2) is 0 Å². The van der Waals surface area contributed by atoms with Crippen LogP contribution < -0.4 is 14.7 Å². The van der Waals surface area contributed by atoms with Crippen molar-refractivity contribution in [2.75, 3.05) is 6.61 Å². The monoisotopic (exact) mass is 311 g/mol. The second-order valence-corrected chi connectivity index (χ2v) is 6.84. The minimum atomic E-state index is -5.61. The van der Waals surface area contributed by atoms with E-state index in [1.165, 1.54) is 11.6 Å². The van der Waals surface area contributed by atoms with Gasteiger partial charge in [-0.2, -0.15) is 0 Å². The molecule has 0 aromatic rings. The molecule has 0 aliphatic heterocycles. The smallest absolute Gasteiger partial charge is 0.272 e. The normalized spacial score (nSPS) is 16.0. The van der Waals surface area contributed by atoms with Gasteiger partial charge in [-0.1, -0.05) is 23.3 Å². The topological polar surface area (TPSA) is 122 Å². The first-order valence-corrected chi connectivity index (χ1v) is 8.42. The molecule has 1 atom stereocenters. The molecule has 0 saturated heterocycles. The Labute approximate surface area is 112 Å². The number of hydrogen-bond acceptors (Lipinski definition) is 7. The zero-order valence-corrected chi connectivity index (χ0v) is 12.8. The highest BCUT2D eigenvalue weighted by Crippen LogP contribution is 2.50. The molecule has 0 aromatic heterocycles. The Kier molecular flexibility index (Phi) is 8.01. The summed E-state index contributed by atoms with van der Waals surface area (Å²) >= 11 is 0. The molecule has 9 heteroatoms. The maximum absolute atomic E-state index is 10.9. The molecular weight excluding hydrogens is 294 g/mol. The molecule has 0 fully saturated rings. The van der Waals surface area contributed by atoms with Gasteiger partial charge in [-0.15, -0.1) is 0 Å². The fourth-order valence-electron chi connectivity index (χ4n) is 1.11. The number of phosphoric ester groups is 1. The van der Waals surface area contributed by atoms with Crippen molar-refractivity contribution in [3.8, 4) is 0 Å². The van der Waals surface area contributed by atoms with Crippen LogP contribution in [0.25, 0.3) is 0 Å². The minimum absolute atomic E-state index is 0.374. The fraction of sp³-hybridized carbons (Fsp3) is 0.600. The first kappa shape index (κ1) is 18.7. The largest absolute Gasteiger partial charge is 0.790 e. The van der Waals surface area contributed by atoms with Gasteiger partial charge in [0.15, 0.2) is 0 Å². The molecule has 0 spiro atoms. The Morgan fingerprint density at radius 1 is 1.11 bits per heavy atom. The van der Waals surface area contributed by atoms with E-state index < -0.39 is 15.6 Å². The van der Waals surface area contributed by atoms with Crippen molar-refractivity contribution in [1.29, 1.82) is 0 Å². The second kappa shape index (κ2) is 8.12. The molecule has 0 aromatic carbocycles. The summed E-state index contributed by atoms with van der Waals surface area (Å²) < 4.78 is 28.5. The van der Waals surface area contributed by atoms with E-state index in [0.717, 1.165) is 18.4 Å². The van der Waals surface area contributed by atoms with Crippen LogP contribution in [-0.4, -0.2) is 6.61 Å². The Bertz CT molecular complexity index is 431. The van der Waals surface area contributed by atoms with Gasteiger partial charge < -0.3 is 23.8 Å². The summed E-state index contributed by atoms with van der Waals surface area (Å²) in [6.45, 7) is 5.35. The quantitative estimate of drug-likeness (QED) is 0.484. The predicted octanol–water partition coefficient (Wildman–Crippen LogP) is 1.01. The summed E-state index contributed by atoms with van der Waals surface area (Å²) in [5.41, 5.74) is 2.06. The Morgan fingerprint density at radius 3 is 2.16 bits per heavy atom. The van der Waals surface area contributed by atoms with Crippen LogP contribution in [0.1, 0.15) is 33.6 Å². The molecule has 19 heavy (non-hydrogen) atoms. The molecule has 0 aliphatic rings. The first-order valence-electron chi connectivity index (χ1n) is 5.50. The van der Waals surface area contributed by atoms with E-state index in [1.54, 1.807) is 6.92 Å². The summed E-state index contributed by atoms with van der Waals surface area (Å²) in [6, 6.07) is 0. The van der Waals surface area contributed by atoms with Crippen LogP contribution in [0.5, 0.6) is 0 Å². The molecule has 0 rings (SSSR count). The van der Waals surface area contributed by atoms with Crippen molar-refractivity contribution in [3.05, 3.63) is 23.3 Å². The molecule has 0 bridgehead atoms. The van der Waals surface area contributed by atoms with Crippen molar-refractivity contribution < 1.29 is 32.6 Å². The molecule has 112 valence electrons. The summed E-state index contributed by atoms with van der Waals surface area (Å²) in [7, 11) is -10.7.